The van der Waals surface area contributed by atoms with Gasteiger partial charge in [0.2, 0.25) is 0 Å². The lowest BCUT2D eigenvalue weighted by Gasteiger charge is -2.15. The van der Waals surface area contributed by atoms with E-state index in [0.717, 1.165) is 24.8 Å². The van der Waals surface area contributed by atoms with Crippen molar-refractivity contribution in [2.75, 3.05) is 0 Å². The Labute approximate surface area is 108 Å². The summed E-state index contributed by atoms with van der Waals surface area (Å²) in [5.74, 6) is 0.537. The zero-order valence-electron chi connectivity index (χ0n) is 9.84. The van der Waals surface area contributed by atoms with Crippen LogP contribution in [0.2, 0.25) is 10.0 Å². The van der Waals surface area contributed by atoms with Crippen LogP contribution >= 0.6 is 23.2 Å². The third-order valence-electron chi connectivity index (χ3n) is 2.87. The zero-order valence-corrected chi connectivity index (χ0v) is 11.4. The molecule has 1 aromatic rings. The molecule has 0 aromatic heterocycles. The molecule has 0 aliphatic carbocycles. The van der Waals surface area contributed by atoms with E-state index in [9.17, 15) is 0 Å². The summed E-state index contributed by atoms with van der Waals surface area (Å²) < 4.78 is 0. The van der Waals surface area contributed by atoms with Crippen molar-refractivity contribution in [3.05, 3.63) is 33.8 Å². The molecule has 2 N–H and O–H groups in total. The van der Waals surface area contributed by atoms with Crippen LogP contribution in [-0.2, 0) is 6.42 Å². The minimum Gasteiger partial charge on any atom is -0.327 e. The van der Waals surface area contributed by atoms with E-state index in [1.807, 2.05) is 18.2 Å². The van der Waals surface area contributed by atoms with Gasteiger partial charge in [0, 0.05) is 6.04 Å². The van der Waals surface area contributed by atoms with E-state index in [4.69, 9.17) is 28.9 Å². The fourth-order valence-electron chi connectivity index (χ4n) is 1.60. The van der Waals surface area contributed by atoms with Crippen LogP contribution in [-0.4, -0.2) is 6.04 Å². The second-order valence-corrected chi connectivity index (χ2v) is 5.30. The summed E-state index contributed by atoms with van der Waals surface area (Å²) in [6.07, 6.45) is 3.03. The molecule has 3 heteroatoms. The molecule has 0 aliphatic rings. The summed E-state index contributed by atoms with van der Waals surface area (Å²) in [4.78, 5) is 0. The van der Waals surface area contributed by atoms with Gasteiger partial charge in [0.1, 0.15) is 0 Å². The lowest BCUT2D eigenvalue weighted by molar-refractivity contribution is 0.452. The monoisotopic (exact) mass is 259 g/mol. The van der Waals surface area contributed by atoms with Crippen molar-refractivity contribution in [1.82, 2.24) is 0 Å². The highest BCUT2D eigenvalue weighted by atomic mass is 35.5. The fraction of sp³-hybridized carbons (Fsp3) is 0.538. The third-order valence-corrected chi connectivity index (χ3v) is 3.73. The largest absolute Gasteiger partial charge is 0.327 e. The van der Waals surface area contributed by atoms with Gasteiger partial charge >= 0.3 is 0 Å². The number of halogens is 2. The third kappa shape index (κ3) is 3.97. The second-order valence-electron chi connectivity index (χ2n) is 4.51. The van der Waals surface area contributed by atoms with Crippen molar-refractivity contribution < 1.29 is 0 Å². The first-order valence-corrected chi connectivity index (χ1v) is 6.46. The topological polar surface area (TPSA) is 26.0 Å². The lowest BCUT2D eigenvalue weighted by atomic mass is 9.98. The van der Waals surface area contributed by atoms with Crippen molar-refractivity contribution in [3.63, 3.8) is 0 Å². The van der Waals surface area contributed by atoms with Crippen LogP contribution in [0.25, 0.3) is 0 Å². The molecule has 1 rings (SSSR count). The molecule has 0 aliphatic heterocycles. The molecule has 1 nitrogen and oxygen atoms in total. The number of hydrogen-bond donors (Lipinski definition) is 1. The van der Waals surface area contributed by atoms with E-state index < -0.39 is 0 Å². The average Bonchev–Trinajstić information content (AvgIpc) is 2.24. The maximum atomic E-state index is 6.11. The Morgan fingerprint density at radius 1 is 1.25 bits per heavy atom. The Balaban J connectivity index is 2.46. The molecule has 0 bridgehead atoms. The van der Waals surface area contributed by atoms with Crippen LogP contribution in [0.15, 0.2) is 18.2 Å². The summed E-state index contributed by atoms with van der Waals surface area (Å²) in [5.41, 5.74) is 7.11. The van der Waals surface area contributed by atoms with Crippen LogP contribution in [0.5, 0.6) is 0 Å². The summed E-state index contributed by atoms with van der Waals surface area (Å²) in [5, 5.41) is 1.31. The van der Waals surface area contributed by atoms with Crippen LogP contribution in [0, 0.1) is 5.92 Å². The van der Waals surface area contributed by atoms with Crippen LogP contribution in [0.1, 0.15) is 32.3 Å². The predicted octanol–water partition coefficient (Wildman–Crippen LogP) is 4.30. The smallest absolute Gasteiger partial charge is 0.0624 e. The normalized spacial score (nSPS) is 13.1. The Morgan fingerprint density at radius 2 is 1.94 bits per heavy atom. The molecule has 1 unspecified atom stereocenters. The number of hydrogen-bond acceptors (Lipinski definition) is 1. The Hall–Kier alpha value is -0.240. The van der Waals surface area contributed by atoms with Gasteiger partial charge in [-0.25, -0.2) is 0 Å². The van der Waals surface area contributed by atoms with Gasteiger partial charge in [-0.1, -0.05) is 49.2 Å². The van der Waals surface area contributed by atoms with Crippen LogP contribution in [0.4, 0.5) is 0 Å². The van der Waals surface area contributed by atoms with E-state index in [-0.39, 0.29) is 6.04 Å². The van der Waals surface area contributed by atoms with Gasteiger partial charge < -0.3 is 5.73 Å². The van der Waals surface area contributed by atoms with E-state index in [1.54, 1.807) is 0 Å². The number of rotatable bonds is 5. The highest BCUT2D eigenvalue weighted by Gasteiger charge is 2.08. The predicted molar refractivity (Wildman–Crippen MR) is 72.2 cm³/mol. The van der Waals surface area contributed by atoms with Gasteiger partial charge in [-0.2, -0.15) is 0 Å². The molecule has 1 aromatic carbocycles. The molecule has 0 spiro atoms. The Kier molecular flexibility index (Phi) is 5.60. The van der Waals surface area contributed by atoms with Gasteiger partial charge in [0.25, 0.3) is 0 Å². The molecular weight excluding hydrogens is 241 g/mol. The molecule has 90 valence electrons. The molecular formula is C13H19Cl2N. The first-order chi connectivity index (χ1) is 7.52. The highest BCUT2D eigenvalue weighted by molar-refractivity contribution is 6.42. The van der Waals surface area contributed by atoms with Crippen molar-refractivity contribution >= 4 is 23.2 Å². The van der Waals surface area contributed by atoms with Gasteiger partial charge in [0.15, 0.2) is 0 Å². The number of benzene rings is 1. The second kappa shape index (κ2) is 6.48. The standard InChI is InChI=1S/C13H19Cl2N/c1-9(2)12(16)8-4-6-10-5-3-7-11(14)13(10)15/h3,5,7,9,12H,4,6,8,16H2,1-2H3. The van der Waals surface area contributed by atoms with E-state index in [1.165, 1.54) is 0 Å². The molecule has 0 saturated carbocycles. The molecule has 0 heterocycles. The maximum absolute atomic E-state index is 6.11. The fourth-order valence-corrected chi connectivity index (χ4v) is 2.02. The quantitative estimate of drug-likeness (QED) is 0.839. The summed E-state index contributed by atoms with van der Waals surface area (Å²) in [6.45, 7) is 4.30. The average molecular weight is 260 g/mol. The minimum absolute atomic E-state index is 0.276. The van der Waals surface area contributed by atoms with Gasteiger partial charge in [-0.3, -0.25) is 0 Å². The molecule has 0 radical (unpaired) electrons. The lowest BCUT2D eigenvalue weighted by Crippen LogP contribution is -2.26. The first-order valence-electron chi connectivity index (χ1n) is 5.71. The van der Waals surface area contributed by atoms with Crippen LogP contribution in [0.3, 0.4) is 0 Å². The van der Waals surface area contributed by atoms with Crippen molar-refractivity contribution in [2.45, 2.75) is 39.2 Å². The van der Waals surface area contributed by atoms with Crippen LogP contribution < -0.4 is 5.73 Å². The first kappa shape index (κ1) is 13.8. The molecule has 0 fully saturated rings. The maximum Gasteiger partial charge on any atom is 0.0624 e. The molecule has 1 atom stereocenters. The van der Waals surface area contributed by atoms with Gasteiger partial charge in [-0.05, 0) is 36.8 Å². The van der Waals surface area contributed by atoms with E-state index >= 15 is 0 Å². The van der Waals surface area contributed by atoms with Crippen molar-refractivity contribution in [2.24, 2.45) is 11.7 Å². The summed E-state index contributed by atoms with van der Waals surface area (Å²) in [7, 11) is 0. The SMILES string of the molecule is CC(C)C(N)CCCc1cccc(Cl)c1Cl. The Bertz CT molecular complexity index is 337. The molecule has 16 heavy (non-hydrogen) atoms. The molecule has 0 saturated heterocycles. The van der Waals surface area contributed by atoms with Crippen molar-refractivity contribution in [3.8, 4) is 0 Å². The van der Waals surface area contributed by atoms with Gasteiger partial charge in [-0.15, -0.1) is 0 Å². The highest BCUT2D eigenvalue weighted by Crippen LogP contribution is 2.26. The van der Waals surface area contributed by atoms with Crippen molar-refractivity contribution in [1.29, 1.82) is 0 Å². The number of nitrogens with two attached hydrogens (primary N) is 1. The zero-order chi connectivity index (χ0) is 12.1. The van der Waals surface area contributed by atoms with E-state index in [2.05, 4.69) is 13.8 Å². The Morgan fingerprint density at radius 3 is 2.56 bits per heavy atom. The minimum atomic E-state index is 0.276. The summed E-state index contributed by atoms with van der Waals surface area (Å²) in [6, 6.07) is 6.05. The van der Waals surface area contributed by atoms with E-state index in [0.29, 0.717) is 16.0 Å². The van der Waals surface area contributed by atoms with Gasteiger partial charge in [0.05, 0.1) is 10.0 Å². The summed E-state index contributed by atoms with van der Waals surface area (Å²) >= 11 is 12.1. The molecule has 0 amide bonds. The number of aryl methyl sites for hydroxylation is 1.